The predicted octanol–water partition coefficient (Wildman–Crippen LogP) is 1.41. The lowest BCUT2D eigenvalue weighted by molar-refractivity contribution is -0.863. The van der Waals surface area contributed by atoms with Crippen molar-refractivity contribution in [3.63, 3.8) is 0 Å². The fourth-order valence-electron chi connectivity index (χ4n) is 3.63. The number of nitrogens with one attached hydrogen (secondary N) is 2. The molecule has 0 saturated carbocycles. The van der Waals surface area contributed by atoms with Gasteiger partial charge in [0.25, 0.3) is 11.8 Å². The Bertz CT molecular complexity index is 912. The molecule has 0 aliphatic carbocycles. The molecule has 1 heterocycles. The van der Waals surface area contributed by atoms with Crippen LogP contribution in [0.1, 0.15) is 36.9 Å². The van der Waals surface area contributed by atoms with Crippen molar-refractivity contribution in [3.05, 3.63) is 65.7 Å². The highest BCUT2D eigenvalue weighted by atomic mass is 16.5. The van der Waals surface area contributed by atoms with Crippen molar-refractivity contribution >= 4 is 17.5 Å². The number of carbonyl (C=O) groups is 2. The molecule has 0 bridgehead atoms. The highest BCUT2D eigenvalue weighted by molar-refractivity contribution is 6.03. The second-order valence-corrected chi connectivity index (χ2v) is 7.80. The van der Waals surface area contributed by atoms with Crippen LogP contribution in [-0.4, -0.2) is 56.3 Å². The van der Waals surface area contributed by atoms with Crippen LogP contribution in [0.15, 0.2) is 59.7 Å². The molecule has 7 heteroatoms. The number of rotatable bonds is 9. The lowest BCUT2D eigenvalue weighted by Crippen LogP contribution is -3.11. The molecule has 0 saturated heterocycles. The molecule has 1 aliphatic heterocycles. The number of carbonyl (C=O) groups excluding carboxylic acids is 2. The van der Waals surface area contributed by atoms with E-state index in [0.717, 1.165) is 33.9 Å². The first-order chi connectivity index (χ1) is 15.0. The van der Waals surface area contributed by atoms with E-state index in [2.05, 4.69) is 5.32 Å². The van der Waals surface area contributed by atoms with Crippen LogP contribution in [0, 0.1) is 0 Å². The summed E-state index contributed by atoms with van der Waals surface area (Å²) in [5.41, 5.74) is 2.89. The van der Waals surface area contributed by atoms with E-state index < -0.39 is 0 Å². The third-order valence-corrected chi connectivity index (χ3v) is 5.26. The van der Waals surface area contributed by atoms with Crippen LogP contribution in [0.2, 0.25) is 0 Å². The number of nitrogens with zero attached hydrogens (tertiary/aromatic N) is 2. The minimum atomic E-state index is -0.185. The average molecular weight is 424 g/mol. The van der Waals surface area contributed by atoms with Gasteiger partial charge in [0.15, 0.2) is 13.1 Å². The van der Waals surface area contributed by atoms with Crippen LogP contribution in [0.4, 0.5) is 0 Å². The maximum atomic E-state index is 13.2. The van der Waals surface area contributed by atoms with Crippen LogP contribution in [0.25, 0.3) is 0 Å². The maximum absolute atomic E-state index is 13.2. The van der Waals surface area contributed by atoms with Gasteiger partial charge in [0, 0.05) is 13.0 Å². The van der Waals surface area contributed by atoms with Crippen molar-refractivity contribution in [1.29, 1.82) is 0 Å². The number of hydrogen-bond acceptors (Lipinski definition) is 4. The second-order valence-electron chi connectivity index (χ2n) is 7.80. The van der Waals surface area contributed by atoms with Crippen LogP contribution in [0.3, 0.4) is 0 Å². The molecule has 0 spiro atoms. The molecule has 2 amide bonds. The third-order valence-electron chi connectivity index (χ3n) is 5.26. The fourth-order valence-corrected chi connectivity index (χ4v) is 3.63. The fraction of sp³-hybridized carbons (Fsp3) is 0.375. The molecule has 164 valence electrons. The summed E-state index contributed by atoms with van der Waals surface area (Å²) in [7, 11) is 3.48. The number of hydrazone groups is 1. The van der Waals surface area contributed by atoms with E-state index in [9.17, 15) is 9.59 Å². The van der Waals surface area contributed by atoms with Gasteiger partial charge in [0.1, 0.15) is 5.75 Å². The normalized spacial score (nSPS) is 16.5. The van der Waals surface area contributed by atoms with Gasteiger partial charge in [-0.1, -0.05) is 49.4 Å². The van der Waals surface area contributed by atoms with Gasteiger partial charge in [-0.05, 0) is 29.7 Å². The van der Waals surface area contributed by atoms with Gasteiger partial charge in [-0.25, -0.2) is 5.01 Å². The average Bonchev–Trinajstić information content (AvgIpc) is 3.24. The van der Waals surface area contributed by atoms with E-state index in [0.29, 0.717) is 13.0 Å². The van der Waals surface area contributed by atoms with Crippen molar-refractivity contribution in [2.45, 2.75) is 25.8 Å². The van der Waals surface area contributed by atoms with E-state index in [1.165, 1.54) is 0 Å². The number of benzene rings is 2. The van der Waals surface area contributed by atoms with Crippen molar-refractivity contribution < 1.29 is 19.2 Å². The highest BCUT2D eigenvalue weighted by Crippen LogP contribution is 2.33. The topological polar surface area (TPSA) is 75.4 Å². The Morgan fingerprint density at radius 1 is 1.13 bits per heavy atom. The summed E-state index contributed by atoms with van der Waals surface area (Å²) in [5.74, 6) is 0.618. The number of hydrogen-bond donors (Lipinski definition) is 2. The standard InChI is InChI=1S/C24H30N4O3/c1-4-14-25-23(29)16-27(2)17-24(30)28-22(19-10-12-20(31-3)13-11-19)15-21(26-28)18-8-6-5-7-9-18/h5-13,22H,4,14-17H2,1-3H3,(H,25,29)/p+1/t22-/m0/s1. The lowest BCUT2D eigenvalue weighted by Gasteiger charge is -2.23. The minimum absolute atomic E-state index is 0.0475. The second kappa shape index (κ2) is 10.7. The molecule has 0 fully saturated rings. The third kappa shape index (κ3) is 5.92. The molecular weight excluding hydrogens is 392 g/mol. The van der Waals surface area contributed by atoms with Crippen LogP contribution < -0.4 is 15.0 Å². The van der Waals surface area contributed by atoms with Crippen LogP contribution in [0.5, 0.6) is 5.75 Å². The molecule has 0 aromatic heterocycles. The van der Waals surface area contributed by atoms with E-state index >= 15 is 0 Å². The van der Waals surface area contributed by atoms with Crippen molar-refractivity contribution in [2.75, 3.05) is 33.8 Å². The molecular formula is C24H31N4O3+. The first-order valence-corrected chi connectivity index (χ1v) is 10.7. The zero-order chi connectivity index (χ0) is 22.2. The Kier molecular flexibility index (Phi) is 7.78. The van der Waals surface area contributed by atoms with E-state index in [-0.39, 0.29) is 30.9 Å². The number of methoxy groups -OCH3 is 1. The number of amides is 2. The first kappa shape index (κ1) is 22.5. The summed E-state index contributed by atoms with van der Waals surface area (Å²) >= 11 is 0. The molecule has 2 aromatic rings. The van der Waals surface area contributed by atoms with Crippen LogP contribution >= 0.6 is 0 Å². The van der Waals surface area contributed by atoms with Gasteiger partial charge in [-0.2, -0.15) is 5.10 Å². The summed E-state index contributed by atoms with van der Waals surface area (Å²) in [4.78, 5) is 26.0. The zero-order valence-electron chi connectivity index (χ0n) is 18.4. The smallest absolute Gasteiger partial charge is 0.298 e. The molecule has 7 nitrogen and oxygen atoms in total. The molecule has 1 unspecified atom stereocenters. The van der Waals surface area contributed by atoms with Crippen LogP contribution in [-0.2, 0) is 9.59 Å². The molecule has 1 aliphatic rings. The SMILES string of the molecule is CCCNC(=O)C[NH+](C)CC(=O)N1N=C(c2ccccc2)C[C@H]1c1ccc(OC)cc1. The maximum Gasteiger partial charge on any atom is 0.298 e. The Morgan fingerprint density at radius 3 is 2.48 bits per heavy atom. The summed E-state index contributed by atoms with van der Waals surface area (Å²) < 4.78 is 5.26. The Balaban J connectivity index is 1.77. The molecule has 2 N–H and O–H groups in total. The summed E-state index contributed by atoms with van der Waals surface area (Å²) in [5, 5.41) is 9.13. The number of ether oxygens (including phenoxy) is 1. The van der Waals surface area contributed by atoms with Crippen molar-refractivity contribution in [3.8, 4) is 5.75 Å². The zero-order valence-corrected chi connectivity index (χ0v) is 18.4. The lowest BCUT2D eigenvalue weighted by atomic mass is 9.98. The Morgan fingerprint density at radius 2 is 1.84 bits per heavy atom. The van der Waals surface area contributed by atoms with Gasteiger partial charge in [-0.15, -0.1) is 0 Å². The number of quaternary nitrogens is 1. The predicted molar refractivity (Wildman–Crippen MR) is 120 cm³/mol. The van der Waals surface area contributed by atoms with Gasteiger partial charge in [0.05, 0.1) is 25.9 Å². The highest BCUT2D eigenvalue weighted by Gasteiger charge is 2.34. The largest absolute Gasteiger partial charge is 0.497 e. The molecule has 31 heavy (non-hydrogen) atoms. The van der Waals surface area contributed by atoms with E-state index in [1.807, 2.05) is 68.6 Å². The number of likely N-dealkylation sites (N-methyl/N-ethyl adjacent to an activating group) is 1. The van der Waals surface area contributed by atoms with E-state index in [4.69, 9.17) is 9.84 Å². The van der Waals surface area contributed by atoms with Crippen molar-refractivity contribution in [2.24, 2.45) is 5.10 Å². The Labute approximate surface area is 183 Å². The molecule has 3 rings (SSSR count). The summed E-state index contributed by atoms with van der Waals surface area (Å²) in [6, 6.07) is 17.5. The van der Waals surface area contributed by atoms with E-state index in [1.54, 1.807) is 12.1 Å². The monoisotopic (exact) mass is 423 g/mol. The minimum Gasteiger partial charge on any atom is -0.497 e. The molecule has 0 radical (unpaired) electrons. The van der Waals surface area contributed by atoms with Gasteiger partial charge in [-0.3, -0.25) is 9.59 Å². The molecule has 2 atom stereocenters. The van der Waals surface area contributed by atoms with Gasteiger partial charge >= 0.3 is 0 Å². The quantitative estimate of drug-likeness (QED) is 0.641. The summed E-state index contributed by atoms with van der Waals surface area (Å²) in [6.45, 7) is 3.10. The first-order valence-electron chi connectivity index (χ1n) is 10.7. The molecule has 2 aromatic carbocycles. The van der Waals surface area contributed by atoms with Gasteiger partial charge in [0.2, 0.25) is 0 Å². The van der Waals surface area contributed by atoms with Crippen molar-refractivity contribution in [1.82, 2.24) is 10.3 Å². The Hall–Kier alpha value is -3.19. The van der Waals surface area contributed by atoms with Gasteiger partial charge < -0.3 is 15.0 Å². The summed E-state index contributed by atoms with van der Waals surface area (Å²) in [6.07, 6.45) is 1.52.